The third-order valence-corrected chi connectivity index (χ3v) is 4.97. The van der Waals surface area contributed by atoms with Crippen molar-refractivity contribution in [3.8, 4) is 11.4 Å². The Bertz CT molecular complexity index is 874. The molecule has 3 aromatic rings. The molecule has 0 bridgehead atoms. The Kier molecular flexibility index (Phi) is 5.78. The molecule has 0 spiro atoms. The van der Waals surface area contributed by atoms with E-state index in [-0.39, 0.29) is 11.2 Å². The molecule has 136 valence electrons. The van der Waals surface area contributed by atoms with Crippen LogP contribution < -0.4 is 5.32 Å². The van der Waals surface area contributed by atoms with Crippen molar-refractivity contribution in [2.75, 3.05) is 6.54 Å². The Morgan fingerprint density at radius 1 is 1.31 bits per heavy atom. The van der Waals surface area contributed by atoms with Crippen molar-refractivity contribution in [1.29, 1.82) is 0 Å². The van der Waals surface area contributed by atoms with Crippen LogP contribution in [0, 0.1) is 6.92 Å². The smallest absolute Gasteiger partial charge is 0.233 e. The van der Waals surface area contributed by atoms with Gasteiger partial charge in [0.15, 0.2) is 11.0 Å². The fraction of sp³-hybridized carbons (Fsp3) is 0.316. The third kappa shape index (κ3) is 4.16. The second kappa shape index (κ2) is 8.23. The van der Waals surface area contributed by atoms with Crippen molar-refractivity contribution < 1.29 is 9.21 Å². The minimum Gasteiger partial charge on any atom is -0.467 e. The number of nitrogens with one attached hydrogen (secondary N) is 1. The molecule has 1 aromatic carbocycles. The van der Waals surface area contributed by atoms with Crippen molar-refractivity contribution in [2.24, 2.45) is 0 Å². The molecule has 1 amide bonds. The summed E-state index contributed by atoms with van der Waals surface area (Å²) in [5.74, 6) is 1.56. The molecule has 1 N–H and O–H groups in total. The van der Waals surface area contributed by atoms with Gasteiger partial charge in [-0.2, -0.15) is 0 Å². The minimum atomic E-state index is -0.264. The van der Waals surface area contributed by atoms with Gasteiger partial charge in [0.2, 0.25) is 5.91 Å². The highest BCUT2D eigenvalue weighted by molar-refractivity contribution is 8.00. The highest BCUT2D eigenvalue weighted by Crippen LogP contribution is 2.28. The van der Waals surface area contributed by atoms with E-state index in [9.17, 15) is 4.79 Å². The fourth-order valence-electron chi connectivity index (χ4n) is 2.60. The van der Waals surface area contributed by atoms with Crippen LogP contribution in [0.2, 0.25) is 0 Å². The van der Waals surface area contributed by atoms with Crippen LogP contribution in [-0.4, -0.2) is 32.5 Å². The van der Waals surface area contributed by atoms with E-state index in [0.717, 1.165) is 22.7 Å². The summed E-state index contributed by atoms with van der Waals surface area (Å²) >= 11 is 1.40. The van der Waals surface area contributed by atoms with Crippen molar-refractivity contribution in [3.63, 3.8) is 0 Å². The lowest BCUT2D eigenvalue weighted by atomic mass is 10.1. The number of thioether (sulfide) groups is 1. The standard InChI is InChI=1S/C19H22N4O2S/c1-4-20-18(24)14(3)26-19-22-21-17(15-8-5-7-13(2)11-15)23(19)12-16-9-6-10-25-16/h5-11,14H,4,12H2,1-3H3,(H,20,24)/t14-/m0/s1. The quantitative estimate of drug-likeness (QED) is 0.644. The maximum Gasteiger partial charge on any atom is 0.233 e. The number of carbonyl (C=O) groups excluding carboxylic acids is 1. The summed E-state index contributed by atoms with van der Waals surface area (Å²) in [7, 11) is 0. The first-order valence-electron chi connectivity index (χ1n) is 8.55. The highest BCUT2D eigenvalue weighted by Gasteiger charge is 2.21. The molecule has 7 heteroatoms. The predicted octanol–water partition coefficient (Wildman–Crippen LogP) is 3.51. The Morgan fingerprint density at radius 2 is 2.15 bits per heavy atom. The number of hydrogen-bond acceptors (Lipinski definition) is 5. The highest BCUT2D eigenvalue weighted by atomic mass is 32.2. The van der Waals surface area contributed by atoms with Gasteiger partial charge in [-0.05, 0) is 39.0 Å². The van der Waals surface area contributed by atoms with Crippen LogP contribution in [0.1, 0.15) is 25.2 Å². The van der Waals surface area contributed by atoms with Crippen LogP contribution in [0.5, 0.6) is 0 Å². The zero-order valence-electron chi connectivity index (χ0n) is 15.1. The number of nitrogens with zero attached hydrogens (tertiary/aromatic N) is 3. The van der Waals surface area contributed by atoms with Gasteiger partial charge in [0.25, 0.3) is 0 Å². The first kappa shape index (κ1) is 18.3. The van der Waals surface area contributed by atoms with Crippen molar-refractivity contribution in [3.05, 3.63) is 54.0 Å². The molecule has 0 aliphatic carbocycles. The molecule has 2 heterocycles. The second-order valence-electron chi connectivity index (χ2n) is 6.00. The topological polar surface area (TPSA) is 73.0 Å². The number of carbonyl (C=O) groups is 1. The molecule has 0 aliphatic rings. The van der Waals surface area contributed by atoms with Gasteiger partial charge in [0.05, 0.1) is 18.1 Å². The van der Waals surface area contributed by atoms with E-state index in [1.165, 1.54) is 11.8 Å². The molecule has 0 saturated heterocycles. The maximum absolute atomic E-state index is 12.1. The molecule has 0 aliphatic heterocycles. The monoisotopic (exact) mass is 370 g/mol. The van der Waals surface area contributed by atoms with Crippen molar-refractivity contribution in [2.45, 2.75) is 37.7 Å². The van der Waals surface area contributed by atoms with Crippen molar-refractivity contribution in [1.82, 2.24) is 20.1 Å². The van der Waals surface area contributed by atoms with Gasteiger partial charge >= 0.3 is 0 Å². The molecule has 1 atom stereocenters. The Morgan fingerprint density at radius 3 is 2.85 bits per heavy atom. The first-order valence-corrected chi connectivity index (χ1v) is 9.43. The largest absolute Gasteiger partial charge is 0.467 e. The number of amides is 1. The van der Waals surface area contributed by atoms with Gasteiger partial charge in [-0.3, -0.25) is 9.36 Å². The van der Waals surface area contributed by atoms with Gasteiger partial charge in [0.1, 0.15) is 5.76 Å². The molecule has 0 unspecified atom stereocenters. The van der Waals surface area contributed by atoms with Gasteiger partial charge in [-0.1, -0.05) is 35.5 Å². The number of rotatable bonds is 7. The molecule has 2 aromatic heterocycles. The Hall–Kier alpha value is -2.54. The Balaban J connectivity index is 1.95. The van der Waals surface area contributed by atoms with Gasteiger partial charge in [-0.25, -0.2) is 0 Å². The van der Waals surface area contributed by atoms with E-state index in [1.54, 1.807) is 6.26 Å². The van der Waals surface area contributed by atoms with Gasteiger partial charge in [0, 0.05) is 12.1 Å². The molecule has 0 radical (unpaired) electrons. The van der Waals surface area contributed by atoms with E-state index in [0.29, 0.717) is 18.2 Å². The van der Waals surface area contributed by atoms with E-state index in [4.69, 9.17) is 4.42 Å². The molecular formula is C19H22N4O2S. The number of aromatic nitrogens is 3. The van der Waals surface area contributed by atoms with E-state index in [1.807, 2.05) is 55.7 Å². The molecule has 0 fully saturated rings. The maximum atomic E-state index is 12.1. The number of benzene rings is 1. The van der Waals surface area contributed by atoms with Crippen LogP contribution in [0.15, 0.2) is 52.2 Å². The summed E-state index contributed by atoms with van der Waals surface area (Å²) < 4.78 is 7.50. The summed E-state index contributed by atoms with van der Waals surface area (Å²) in [4.78, 5) is 12.1. The molecule has 26 heavy (non-hydrogen) atoms. The van der Waals surface area contributed by atoms with Crippen LogP contribution in [0.4, 0.5) is 0 Å². The predicted molar refractivity (Wildman–Crippen MR) is 102 cm³/mol. The number of aryl methyl sites for hydroxylation is 1. The number of furan rings is 1. The lowest BCUT2D eigenvalue weighted by Crippen LogP contribution is -2.30. The SMILES string of the molecule is CCNC(=O)[C@H](C)Sc1nnc(-c2cccc(C)c2)n1Cc1ccco1. The number of hydrogen-bond donors (Lipinski definition) is 1. The molecule has 3 rings (SSSR count). The van der Waals surface area contributed by atoms with Crippen LogP contribution in [-0.2, 0) is 11.3 Å². The van der Waals surface area contributed by atoms with E-state index < -0.39 is 0 Å². The van der Waals surface area contributed by atoms with Crippen LogP contribution >= 0.6 is 11.8 Å². The minimum absolute atomic E-state index is 0.0119. The summed E-state index contributed by atoms with van der Waals surface area (Å²) in [6.07, 6.45) is 1.65. The summed E-state index contributed by atoms with van der Waals surface area (Å²) in [6, 6.07) is 11.9. The van der Waals surface area contributed by atoms with E-state index in [2.05, 4.69) is 21.6 Å². The summed E-state index contributed by atoms with van der Waals surface area (Å²) in [5, 5.41) is 12.0. The van der Waals surface area contributed by atoms with Crippen molar-refractivity contribution >= 4 is 17.7 Å². The third-order valence-electron chi connectivity index (χ3n) is 3.89. The van der Waals surface area contributed by atoms with Gasteiger partial charge < -0.3 is 9.73 Å². The lowest BCUT2D eigenvalue weighted by Gasteiger charge is -2.12. The van der Waals surface area contributed by atoms with E-state index >= 15 is 0 Å². The fourth-order valence-corrected chi connectivity index (χ4v) is 3.48. The lowest BCUT2D eigenvalue weighted by molar-refractivity contribution is -0.120. The van der Waals surface area contributed by atoms with Crippen LogP contribution in [0.3, 0.4) is 0 Å². The zero-order chi connectivity index (χ0) is 18.5. The average molecular weight is 370 g/mol. The normalized spacial score (nSPS) is 12.1. The first-order chi connectivity index (χ1) is 12.6. The Labute approximate surface area is 157 Å². The molecule has 0 saturated carbocycles. The van der Waals surface area contributed by atoms with Gasteiger partial charge in [-0.15, -0.1) is 10.2 Å². The second-order valence-corrected chi connectivity index (χ2v) is 7.30. The zero-order valence-corrected chi connectivity index (χ0v) is 15.9. The summed E-state index contributed by atoms with van der Waals surface area (Å²) in [6.45, 7) is 6.94. The van der Waals surface area contributed by atoms with Crippen LogP contribution in [0.25, 0.3) is 11.4 Å². The average Bonchev–Trinajstić information content (AvgIpc) is 3.26. The molecular weight excluding hydrogens is 348 g/mol. The molecule has 6 nitrogen and oxygen atoms in total. The summed E-state index contributed by atoms with van der Waals surface area (Å²) in [5.41, 5.74) is 2.14.